The maximum Gasteiger partial charge on any atom is 1.00 e. The standard InChI is InChI=1S/C24H34O7S2.2Na/c1-2-3-4-5-6-7-8-9-10-11-12-20-13-15-21(16-14-20)31-23-18-17-22(32(25,26)27)19-24(23)33(28,29)30;;/h13-19H,2-12H2,1H3,(H,25,26,27)(H,28,29,30);;/q;2*+1/p-2. The molecule has 0 heterocycles. The fourth-order valence-electron chi connectivity index (χ4n) is 3.59. The van der Waals surface area contributed by atoms with Crippen molar-refractivity contribution in [3.63, 3.8) is 0 Å². The van der Waals surface area contributed by atoms with Crippen molar-refractivity contribution in [2.24, 2.45) is 0 Å². The van der Waals surface area contributed by atoms with Crippen molar-refractivity contribution in [3.8, 4) is 11.5 Å². The van der Waals surface area contributed by atoms with E-state index in [1.807, 2.05) is 12.1 Å². The van der Waals surface area contributed by atoms with Gasteiger partial charge in [0.15, 0.2) is 0 Å². The average Bonchev–Trinajstić information content (AvgIpc) is 2.75. The van der Waals surface area contributed by atoms with Gasteiger partial charge in [-0.15, -0.1) is 0 Å². The topological polar surface area (TPSA) is 124 Å². The summed E-state index contributed by atoms with van der Waals surface area (Å²) in [6.45, 7) is 2.23. The van der Waals surface area contributed by atoms with E-state index in [2.05, 4.69) is 6.92 Å². The zero-order valence-electron chi connectivity index (χ0n) is 21.0. The summed E-state index contributed by atoms with van der Waals surface area (Å²) < 4.78 is 73.4. The molecule has 0 aromatic heterocycles. The van der Waals surface area contributed by atoms with E-state index in [-0.39, 0.29) is 64.9 Å². The smallest absolute Gasteiger partial charge is 0.744 e. The van der Waals surface area contributed by atoms with Crippen LogP contribution < -0.4 is 63.9 Å². The molecule has 0 spiro atoms. The van der Waals surface area contributed by atoms with Gasteiger partial charge < -0.3 is 13.8 Å². The summed E-state index contributed by atoms with van der Waals surface area (Å²) in [5.41, 5.74) is 1.12. The Balaban J connectivity index is 0.00000578. The Kier molecular flexibility index (Phi) is 17.6. The van der Waals surface area contributed by atoms with Gasteiger partial charge in [-0.25, -0.2) is 16.8 Å². The zero-order valence-corrected chi connectivity index (χ0v) is 26.6. The second-order valence-electron chi connectivity index (χ2n) is 8.19. The Hall–Kier alpha value is 0.0600. The van der Waals surface area contributed by atoms with E-state index in [0.717, 1.165) is 30.5 Å². The summed E-state index contributed by atoms with van der Waals surface area (Å²) in [6, 6.07) is 9.48. The number of rotatable bonds is 15. The first-order valence-electron chi connectivity index (χ1n) is 11.4. The Bertz CT molecular complexity index is 1090. The third-order valence-corrected chi connectivity index (χ3v) is 7.13. The number of hydrogen-bond donors (Lipinski definition) is 0. The molecule has 0 amide bonds. The third-order valence-electron chi connectivity index (χ3n) is 5.44. The van der Waals surface area contributed by atoms with E-state index in [1.54, 1.807) is 12.1 Å². The molecule has 0 aliphatic carbocycles. The average molecular weight is 543 g/mol. The van der Waals surface area contributed by atoms with E-state index in [1.165, 1.54) is 57.8 Å². The molecule has 0 N–H and O–H groups in total. The van der Waals surface area contributed by atoms with Crippen molar-refractivity contribution in [3.05, 3.63) is 48.0 Å². The first-order valence-corrected chi connectivity index (χ1v) is 14.3. The summed E-state index contributed by atoms with van der Waals surface area (Å²) >= 11 is 0. The van der Waals surface area contributed by atoms with Gasteiger partial charge in [-0.2, -0.15) is 0 Å². The van der Waals surface area contributed by atoms with Crippen LogP contribution in [0.2, 0.25) is 0 Å². The second kappa shape index (κ2) is 17.5. The van der Waals surface area contributed by atoms with Gasteiger partial charge in [0.05, 0.1) is 9.79 Å². The van der Waals surface area contributed by atoms with Gasteiger partial charge in [-0.3, -0.25) is 0 Å². The van der Waals surface area contributed by atoms with Crippen LogP contribution in [-0.4, -0.2) is 25.9 Å². The summed E-state index contributed by atoms with van der Waals surface area (Å²) in [5, 5.41) is 0. The zero-order chi connectivity index (χ0) is 24.3. The molecule has 2 aromatic rings. The molecule has 0 bridgehead atoms. The quantitative estimate of drug-likeness (QED) is 0.173. The Labute approximate surface area is 254 Å². The minimum Gasteiger partial charge on any atom is -0.744 e. The second-order valence-corrected chi connectivity index (χ2v) is 10.9. The molecule has 2 rings (SSSR count). The Morgan fingerprint density at radius 1 is 0.686 bits per heavy atom. The van der Waals surface area contributed by atoms with Crippen LogP contribution in [-0.2, 0) is 26.7 Å². The van der Waals surface area contributed by atoms with E-state index in [4.69, 9.17) is 4.74 Å². The third kappa shape index (κ3) is 13.4. The predicted molar refractivity (Wildman–Crippen MR) is 124 cm³/mol. The number of unbranched alkanes of at least 4 members (excludes halogenated alkanes) is 9. The molecule has 35 heavy (non-hydrogen) atoms. The molecule has 0 saturated carbocycles. The molecule has 0 fully saturated rings. The summed E-state index contributed by atoms with van der Waals surface area (Å²) in [5.74, 6) is -0.0377. The maximum atomic E-state index is 11.5. The molecule has 7 nitrogen and oxygen atoms in total. The van der Waals surface area contributed by atoms with Gasteiger partial charge in [0.2, 0.25) is 0 Å². The summed E-state index contributed by atoms with van der Waals surface area (Å²) in [6.07, 6.45) is 13.6. The molecular formula is C24H32Na2O7S2. The van der Waals surface area contributed by atoms with Gasteiger partial charge in [-0.1, -0.05) is 76.8 Å². The minimum atomic E-state index is -5.05. The van der Waals surface area contributed by atoms with Crippen LogP contribution in [0.1, 0.15) is 76.7 Å². The van der Waals surface area contributed by atoms with E-state index in [0.29, 0.717) is 11.8 Å². The number of aryl methyl sites for hydroxylation is 1. The van der Waals surface area contributed by atoms with Gasteiger partial charge in [0, 0.05) is 0 Å². The monoisotopic (exact) mass is 542 g/mol. The fraction of sp³-hybridized carbons (Fsp3) is 0.500. The largest absolute Gasteiger partial charge is 1.00 e. The van der Waals surface area contributed by atoms with Gasteiger partial charge in [-0.05, 0) is 48.7 Å². The molecule has 0 unspecified atom stereocenters. The van der Waals surface area contributed by atoms with Crippen molar-refractivity contribution in [2.75, 3.05) is 0 Å². The number of ether oxygens (including phenoxy) is 1. The molecule has 0 atom stereocenters. The molecule has 11 heteroatoms. The van der Waals surface area contributed by atoms with Crippen LogP contribution in [0.25, 0.3) is 0 Å². The predicted octanol–water partition coefficient (Wildman–Crippen LogP) is -0.241. The van der Waals surface area contributed by atoms with Crippen LogP contribution in [0, 0.1) is 0 Å². The van der Waals surface area contributed by atoms with E-state index in [9.17, 15) is 25.9 Å². The molecule has 184 valence electrons. The van der Waals surface area contributed by atoms with Crippen LogP contribution in [0.4, 0.5) is 0 Å². The van der Waals surface area contributed by atoms with Crippen molar-refractivity contribution in [2.45, 2.75) is 87.3 Å². The summed E-state index contributed by atoms with van der Waals surface area (Å²) in [7, 11) is -9.96. The fourth-order valence-corrected chi connectivity index (χ4v) is 4.79. The molecule has 0 aliphatic heterocycles. The van der Waals surface area contributed by atoms with Crippen molar-refractivity contribution >= 4 is 20.2 Å². The van der Waals surface area contributed by atoms with Crippen LogP contribution in [0.15, 0.2) is 52.3 Å². The van der Waals surface area contributed by atoms with Gasteiger partial charge in [0.1, 0.15) is 31.7 Å². The van der Waals surface area contributed by atoms with Crippen LogP contribution in [0.3, 0.4) is 0 Å². The molecule has 0 aliphatic rings. The summed E-state index contributed by atoms with van der Waals surface area (Å²) in [4.78, 5) is -1.70. The molecule has 0 radical (unpaired) electrons. The van der Waals surface area contributed by atoms with Gasteiger partial charge >= 0.3 is 59.1 Å². The van der Waals surface area contributed by atoms with Gasteiger partial charge in [0.25, 0.3) is 0 Å². The number of hydrogen-bond acceptors (Lipinski definition) is 7. The maximum absolute atomic E-state index is 11.5. The van der Waals surface area contributed by atoms with Crippen molar-refractivity contribution in [1.82, 2.24) is 0 Å². The number of benzene rings is 2. The van der Waals surface area contributed by atoms with Crippen LogP contribution in [0.5, 0.6) is 11.5 Å². The molecule has 0 saturated heterocycles. The normalized spacial score (nSPS) is 11.4. The molecular weight excluding hydrogens is 510 g/mol. The van der Waals surface area contributed by atoms with E-state index >= 15 is 0 Å². The SMILES string of the molecule is CCCCCCCCCCCCc1ccc(Oc2ccc(S(=O)(=O)[O-])cc2S(=O)(=O)[O-])cc1.[Na+].[Na+]. The Morgan fingerprint density at radius 2 is 1.20 bits per heavy atom. The van der Waals surface area contributed by atoms with Crippen molar-refractivity contribution in [1.29, 1.82) is 0 Å². The first-order chi connectivity index (χ1) is 15.6. The van der Waals surface area contributed by atoms with Crippen molar-refractivity contribution < 1.29 is 89.8 Å². The Morgan fingerprint density at radius 3 is 1.69 bits per heavy atom. The minimum absolute atomic E-state index is 0. The van der Waals surface area contributed by atoms with Crippen LogP contribution >= 0.6 is 0 Å². The molecule has 2 aromatic carbocycles. The first kappa shape index (κ1) is 35.1. The van der Waals surface area contributed by atoms with E-state index < -0.39 is 30.0 Å².